The molecule has 188 valence electrons. The minimum absolute atomic E-state index is 0.0196. The van der Waals surface area contributed by atoms with Gasteiger partial charge in [0.15, 0.2) is 0 Å². The van der Waals surface area contributed by atoms with E-state index in [1.807, 2.05) is 30.3 Å². The zero-order valence-corrected chi connectivity index (χ0v) is 21.2. The van der Waals surface area contributed by atoms with Gasteiger partial charge in [-0.1, -0.05) is 66.7 Å². The molecule has 1 aliphatic rings. The van der Waals surface area contributed by atoms with Gasteiger partial charge in [0.2, 0.25) is 20.0 Å². The Hall–Kier alpha value is -3.38. The lowest BCUT2D eigenvalue weighted by molar-refractivity contribution is -0.125. The van der Waals surface area contributed by atoms with Crippen LogP contribution in [0.4, 0.5) is 0 Å². The number of rotatable bonds is 7. The average molecular weight is 527 g/mol. The molecular weight excluding hydrogens is 500 g/mol. The van der Waals surface area contributed by atoms with Crippen molar-refractivity contribution >= 4 is 31.7 Å². The molecule has 1 amide bonds. The van der Waals surface area contributed by atoms with E-state index in [0.29, 0.717) is 5.71 Å². The molecule has 3 aromatic carbocycles. The highest BCUT2D eigenvalue weighted by atomic mass is 32.2. The van der Waals surface area contributed by atoms with Crippen molar-refractivity contribution in [2.75, 3.05) is 19.6 Å². The van der Waals surface area contributed by atoms with Crippen LogP contribution in [0.3, 0.4) is 0 Å². The highest BCUT2D eigenvalue weighted by Crippen LogP contribution is 2.25. The first-order valence-corrected chi connectivity index (χ1v) is 14.1. The molecule has 0 bridgehead atoms. The minimum Gasteiger partial charge on any atom is -0.271 e. The first-order chi connectivity index (χ1) is 17.2. The summed E-state index contributed by atoms with van der Waals surface area (Å²) in [5.41, 5.74) is 3.74. The summed E-state index contributed by atoms with van der Waals surface area (Å²) >= 11 is 0. The van der Waals surface area contributed by atoms with Crippen LogP contribution in [0.15, 0.2) is 106 Å². The molecule has 1 heterocycles. The van der Waals surface area contributed by atoms with Crippen molar-refractivity contribution < 1.29 is 21.6 Å². The Morgan fingerprint density at radius 2 is 1.28 bits per heavy atom. The second kappa shape index (κ2) is 10.7. The van der Waals surface area contributed by atoms with E-state index in [-0.39, 0.29) is 29.4 Å². The predicted molar refractivity (Wildman–Crippen MR) is 136 cm³/mol. The third kappa shape index (κ3) is 5.39. The molecule has 0 spiro atoms. The molecule has 1 aliphatic heterocycles. The normalized spacial score (nSPS) is 18.0. The molecule has 11 heteroatoms. The monoisotopic (exact) mass is 526 g/mol. The van der Waals surface area contributed by atoms with E-state index in [4.69, 9.17) is 0 Å². The van der Waals surface area contributed by atoms with Crippen molar-refractivity contribution in [2.24, 2.45) is 5.10 Å². The van der Waals surface area contributed by atoms with Gasteiger partial charge < -0.3 is 0 Å². The van der Waals surface area contributed by atoms with Gasteiger partial charge in [-0.15, -0.1) is 0 Å². The van der Waals surface area contributed by atoms with Gasteiger partial charge in [-0.05, 0) is 36.8 Å². The van der Waals surface area contributed by atoms with E-state index in [0.717, 1.165) is 14.2 Å². The number of benzene rings is 3. The van der Waals surface area contributed by atoms with Crippen LogP contribution < -0.4 is 5.43 Å². The number of hydrogen-bond acceptors (Lipinski definition) is 6. The zero-order chi connectivity index (χ0) is 25.8. The molecule has 1 N–H and O–H groups in total. The Morgan fingerprint density at radius 1 is 0.778 bits per heavy atom. The summed E-state index contributed by atoms with van der Waals surface area (Å²) in [6.45, 7) is 1.07. The van der Waals surface area contributed by atoms with E-state index in [1.54, 1.807) is 43.3 Å². The van der Waals surface area contributed by atoms with Gasteiger partial charge in [-0.2, -0.15) is 13.7 Å². The van der Waals surface area contributed by atoms with Crippen LogP contribution in [0.25, 0.3) is 0 Å². The third-order valence-electron chi connectivity index (χ3n) is 5.85. The quantitative estimate of drug-likeness (QED) is 0.375. The summed E-state index contributed by atoms with van der Waals surface area (Å²) in [6, 6.07) is 23.4. The smallest absolute Gasteiger partial charge is 0.259 e. The fourth-order valence-corrected chi connectivity index (χ4v) is 6.94. The molecule has 0 radical (unpaired) electrons. The fourth-order valence-electron chi connectivity index (χ4n) is 3.89. The Labute approximate surface area is 211 Å². The summed E-state index contributed by atoms with van der Waals surface area (Å²) in [6.07, 6.45) is 0. The van der Waals surface area contributed by atoms with Crippen LogP contribution >= 0.6 is 0 Å². The zero-order valence-electron chi connectivity index (χ0n) is 19.6. The van der Waals surface area contributed by atoms with Crippen molar-refractivity contribution in [3.63, 3.8) is 0 Å². The van der Waals surface area contributed by atoms with Gasteiger partial charge in [-0.3, -0.25) is 4.79 Å². The Bertz CT molecular complexity index is 1450. The van der Waals surface area contributed by atoms with Crippen molar-refractivity contribution in [1.82, 2.24) is 14.0 Å². The number of nitrogens with zero attached hydrogens (tertiary/aromatic N) is 3. The Balaban J connectivity index is 1.65. The number of carbonyl (C=O) groups is 1. The van der Waals surface area contributed by atoms with Crippen LogP contribution in [0.2, 0.25) is 0 Å². The number of nitrogens with one attached hydrogen (secondary N) is 1. The van der Waals surface area contributed by atoms with Crippen molar-refractivity contribution in [3.8, 4) is 0 Å². The Kier molecular flexibility index (Phi) is 7.65. The lowest BCUT2D eigenvalue weighted by Gasteiger charge is -2.38. The van der Waals surface area contributed by atoms with Gasteiger partial charge in [0.25, 0.3) is 5.91 Å². The fraction of sp³-hybridized carbons (Fsp3) is 0.200. The van der Waals surface area contributed by atoms with E-state index >= 15 is 0 Å². The van der Waals surface area contributed by atoms with Gasteiger partial charge in [-0.25, -0.2) is 22.3 Å². The van der Waals surface area contributed by atoms with Crippen LogP contribution in [0.1, 0.15) is 12.5 Å². The largest absolute Gasteiger partial charge is 0.271 e. The molecule has 0 unspecified atom stereocenters. The number of hydrazone groups is 1. The minimum atomic E-state index is -4.08. The van der Waals surface area contributed by atoms with E-state index < -0.39 is 32.0 Å². The number of amides is 1. The lowest BCUT2D eigenvalue weighted by atomic mass is 10.1. The highest BCUT2D eigenvalue weighted by molar-refractivity contribution is 7.89. The molecule has 4 rings (SSSR count). The molecule has 3 aromatic rings. The Morgan fingerprint density at radius 3 is 1.83 bits per heavy atom. The maximum atomic E-state index is 13.4. The molecule has 0 aromatic heterocycles. The van der Waals surface area contributed by atoms with E-state index in [1.165, 1.54) is 24.3 Å². The number of sulfonamides is 2. The number of hydrogen-bond donors (Lipinski definition) is 1. The van der Waals surface area contributed by atoms with E-state index in [9.17, 15) is 21.6 Å². The first kappa shape index (κ1) is 25.7. The molecular formula is C25H26N4O5S2. The summed E-state index contributed by atoms with van der Waals surface area (Å²) in [7, 11) is -8.02. The SMILES string of the molecule is C/C(=N/NC(=O)[C@H]1CN(S(=O)(=O)c2ccccc2)CCN1S(=O)(=O)c1ccccc1)c1ccccc1. The number of piperazine rings is 1. The summed E-state index contributed by atoms with van der Waals surface area (Å²) in [4.78, 5) is 13.4. The lowest BCUT2D eigenvalue weighted by Crippen LogP contribution is -2.60. The molecule has 1 atom stereocenters. The van der Waals surface area contributed by atoms with Gasteiger partial charge in [0.05, 0.1) is 15.5 Å². The molecule has 36 heavy (non-hydrogen) atoms. The maximum Gasteiger partial charge on any atom is 0.259 e. The summed E-state index contributed by atoms with van der Waals surface area (Å²) in [5, 5.41) is 4.13. The summed E-state index contributed by atoms with van der Waals surface area (Å²) in [5.74, 6) is -0.724. The molecule has 1 fully saturated rings. The van der Waals surface area contributed by atoms with Gasteiger partial charge in [0, 0.05) is 19.6 Å². The molecule has 1 saturated heterocycles. The van der Waals surface area contributed by atoms with Crippen LogP contribution in [0, 0.1) is 0 Å². The standard InChI is InChI=1S/C25H26N4O5S2/c1-20(21-11-5-2-6-12-21)26-27-25(30)24-19-28(35(31,32)22-13-7-3-8-14-22)17-18-29(24)36(33,34)23-15-9-4-10-16-23/h2-16,24H,17-19H2,1H3,(H,27,30)/b26-20-/t24-/m1/s1. The second-order valence-electron chi connectivity index (χ2n) is 8.16. The van der Waals surface area contributed by atoms with Crippen LogP contribution in [-0.2, 0) is 24.8 Å². The molecule has 0 aliphatic carbocycles. The first-order valence-electron chi connectivity index (χ1n) is 11.2. The van der Waals surface area contributed by atoms with E-state index in [2.05, 4.69) is 10.5 Å². The molecule has 0 saturated carbocycles. The van der Waals surface area contributed by atoms with Crippen molar-refractivity contribution in [1.29, 1.82) is 0 Å². The van der Waals surface area contributed by atoms with Crippen LogP contribution in [0.5, 0.6) is 0 Å². The maximum absolute atomic E-state index is 13.4. The number of carbonyl (C=O) groups excluding carboxylic acids is 1. The van der Waals surface area contributed by atoms with Crippen molar-refractivity contribution in [2.45, 2.75) is 22.8 Å². The second-order valence-corrected chi connectivity index (χ2v) is 12.0. The van der Waals surface area contributed by atoms with Crippen LogP contribution in [-0.4, -0.2) is 62.7 Å². The highest BCUT2D eigenvalue weighted by Gasteiger charge is 2.43. The van der Waals surface area contributed by atoms with Gasteiger partial charge >= 0.3 is 0 Å². The third-order valence-corrected chi connectivity index (χ3v) is 9.65. The molecule has 9 nitrogen and oxygen atoms in total. The topological polar surface area (TPSA) is 116 Å². The van der Waals surface area contributed by atoms with Gasteiger partial charge in [0.1, 0.15) is 6.04 Å². The predicted octanol–water partition coefficient (Wildman–Crippen LogP) is 2.29. The summed E-state index contributed by atoms with van der Waals surface area (Å²) < 4.78 is 55.5. The van der Waals surface area contributed by atoms with Crippen molar-refractivity contribution in [3.05, 3.63) is 96.6 Å². The average Bonchev–Trinajstić information content (AvgIpc) is 2.92.